The summed E-state index contributed by atoms with van der Waals surface area (Å²) in [5.41, 5.74) is 0.0519. The van der Waals surface area contributed by atoms with Crippen LogP contribution in [-0.2, 0) is 0 Å². The highest BCUT2D eigenvalue weighted by molar-refractivity contribution is 5.94. The number of rotatable bonds is 3. The number of fused-ring (bicyclic) bond motifs is 1. The number of nitrogens with one attached hydrogen (secondary N) is 1. The molecule has 1 heterocycles. The van der Waals surface area contributed by atoms with Crippen LogP contribution in [0.15, 0.2) is 42.5 Å². The first-order valence-corrected chi connectivity index (χ1v) is 6.75. The van der Waals surface area contributed by atoms with Gasteiger partial charge >= 0.3 is 0 Å². The monoisotopic (exact) mass is 305 g/mol. The Balaban J connectivity index is 1.59. The van der Waals surface area contributed by atoms with Gasteiger partial charge in [0, 0.05) is 5.56 Å². The third kappa shape index (κ3) is 3.00. The molecule has 0 saturated heterocycles. The maximum atomic E-state index is 13.1. The predicted molar refractivity (Wildman–Crippen MR) is 75.0 cm³/mol. The third-order valence-electron chi connectivity index (χ3n) is 3.24. The zero-order chi connectivity index (χ0) is 15.5. The second-order valence-corrected chi connectivity index (χ2v) is 4.84. The summed E-state index contributed by atoms with van der Waals surface area (Å²) in [5, 5.41) is 2.61. The van der Waals surface area contributed by atoms with Crippen LogP contribution in [0.4, 0.5) is 8.78 Å². The highest BCUT2D eigenvalue weighted by Gasteiger charge is 2.21. The lowest BCUT2D eigenvalue weighted by atomic mass is 10.2. The van der Waals surface area contributed by atoms with Crippen molar-refractivity contribution in [1.29, 1.82) is 0 Å². The zero-order valence-corrected chi connectivity index (χ0v) is 11.5. The Hall–Kier alpha value is -2.63. The molecule has 1 amide bonds. The van der Waals surface area contributed by atoms with Gasteiger partial charge in [-0.05, 0) is 30.3 Å². The number of hydrogen-bond acceptors (Lipinski definition) is 3. The molecular weight excluding hydrogens is 292 g/mol. The number of carbonyl (C=O) groups excluding carboxylic acids is 1. The number of ether oxygens (including phenoxy) is 2. The van der Waals surface area contributed by atoms with Crippen molar-refractivity contribution in [2.75, 3.05) is 13.2 Å². The zero-order valence-electron chi connectivity index (χ0n) is 11.5. The van der Waals surface area contributed by atoms with Crippen molar-refractivity contribution in [1.82, 2.24) is 5.32 Å². The third-order valence-corrected chi connectivity index (χ3v) is 3.24. The van der Waals surface area contributed by atoms with Crippen LogP contribution in [0.5, 0.6) is 11.5 Å². The molecule has 22 heavy (non-hydrogen) atoms. The molecule has 1 atom stereocenters. The minimum absolute atomic E-state index is 0.0519. The summed E-state index contributed by atoms with van der Waals surface area (Å²) in [7, 11) is 0. The number of carbonyl (C=O) groups is 1. The van der Waals surface area contributed by atoms with Gasteiger partial charge in [-0.2, -0.15) is 0 Å². The minimum atomic E-state index is -1.06. The van der Waals surface area contributed by atoms with Gasteiger partial charge in [-0.25, -0.2) is 8.78 Å². The van der Waals surface area contributed by atoms with Crippen molar-refractivity contribution in [3.63, 3.8) is 0 Å². The number of hydrogen-bond donors (Lipinski definition) is 1. The summed E-state index contributed by atoms with van der Waals surface area (Å²) in [6.45, 7) is 0.501. The Bertz CT molecular complexity index is 706. The van der Waals surface area contributed by atoms with Gasteiger partial charge in [0.25, 0.3) is 5.91 Å². The molecular formula is C16H13F2NO3. The van der Waals surface area contributed by atoms with Crippen LogP contribution >= 0.6 is 0 Å². The Morgan fingerprint density at radius 2 is 1.91 bits per heavy atom. The number of halogens is 2. The van der Waals surface area contributed by atoms with Crippen LogP contribution in [0, 0.1) is 11.6 Å². The van der Waals surface area contributed by atoms with E-state index in [4.69, 9.17) is 9.47 Å². The van der Waals surface area contributed by atoms with Crippen molar-refractivity contribution < 1.29 is 23.0 Å². The Labute approximate surface area is 125 Å². The lowest BCUT2D eigenvalue weighted by molar-refractivity contribution is 0.0789. The Morgan fingerprint density at radius 1 is 1.14 bits per heavy atom. The maximum absolute atomic E-state index is 13.1. The lowest BCUT2D eigenvalue weighted by Gasteiger charge is -2.26. The molecule has 1 aliphatic heterocycles. The predicted octanol–water partition coefficient (Wildman–Crippen LogP) is 2.53. The van der Waals surface area contributed by atoms with Crippen LogP contribution in [0.25, 0.3) is 0 Å². The highest BCUT2D eigenvalue weighted by atomic mass is 19.2. The first kappa shape index (κ1) is 14.3. The number of amides is 1. The fraction of sp³-hybridized carbons (Fsp3) is 0.188. The summed E-state index contributed by atoms with van der Waals surface area (Å²) < 4.78 is 37.1. The average Bonchev–Trinajstić information content (AvgIpc) is 2.55. The van der Waals surface area contributed by atoms with Gasteiger partial charge in [0.2, 0.25) is 0 Å². The highest BCUT2D eigenvalue weighted by Crippen LogP contribution is 2.30. The quantitative estimate of drug-likeness (QED) is 0.948. The standard InChI is InChI=1S/C16H13F2NO3/c17-12-6-5-10(7-13(12)18)16(20)19-8-11-9-21-14-3-1-2-4-15(14)22-11/h1-7,11H,8-9H2,(H,19,20). The van der Waals surface area contributed by atoms with Crippen LogP contribution in [-0.4, -0.2) is 25.2 Å². The molecule has 4 nitrogen and oxygen atoms in total. The number of benzene rings is 2. The van der Waals surface area contributed by atoms with Gasteiger partial charge in [0.1, 0.15) is 12.7 Å². The van der Waals surface area contributed by atoms with Crippen LogP contribution in [0.2, 0.25) is 0 Å². The molecule has 0 aromatic heterocycles. The molecule has 0 radical (unpaired) electrons. The van der Waals surface area contributed by atoms with E-state index >= 15 is 0 Å². The molecule has 2 aromatic rings. The molecule has 3 rings (SSSR count). The molecule has 6 heteroatoms. The molecule has 2 aromatic carbocycles. The molecule has 0 bridgehead atoms. The Kier molecular flexibility index (Phi) is 3.91. The second-order valence-electron chi connectivity index (χ2n) is 4.84. The molecule has 0 fully saturated rings. The van der Waals surface area contributed by atoms with E-state index in [9.17, 15) is 13.6 Å². The number of para-hydroxylation sites is 2. The van der Waals surface area contributed by atoms with Gasteiger partial charge < -0.3 is 14.8 Å². The molecule has 1 unspecified atom stereocenters. The van der Waals surface area contributed by atoms with Gasteiger partial charge in [-0.15, -0.1) is 0 Å². The first-order chi connectivity index (χ1) is 10.6. The van der Waals surface area contributed by atoms with Gasteiger partial charge in [-0.3, -0.25) is 4.79 Å². The molecule has 1 aliphatic rings. The van der Waals surface area contributed by atoms with E-state index in [1.165, 1.54) is 6.07 Å². The maximum Gasteiger partial charge on any atom is 0.251 e. The molecule has 1 N–H and O–H groups in total. The minimum Gasteiger partial charge on any atom is -0.486 e. The summed E-state index contributed by atoms with van der Waals surface area (Å²) in [4.78, 5) is 11.9. The lowest BCUT2D eigenvalue weighted by Crippen LogP contribution is -2.40. The van der Waals surface area contributed by atoms with Crippen molar-refractivity contribution in [3.8, 4) is 11.5 Å². The SMILES string of the molecule is O=C(NCC1COc2ccccc2O1)c1ccc(F)c(F)c1. The van der Waals surface area contributed by atoms with Crippen LogP contribution in [0.3, 0.4) is 0 Å². The van der Waals surface area contributed by atoms with E-state index in [0.29, 0.717) is 18.1 Å². The summed E-state index contributed by atoms with van der Waals surface area (Å²) >= 11 is 0. The Morgan fingerprint density at radius 3 is 2.68 bits per heavy atom. The van der Waals surface area contributed by atoms with E-state index in [0.717, 1.165) is 12.1 Å². The molecule has 0 saturated carbocycles. The van der Waals surface area contributed by atoms with E-state index in [-0.39, 0.29) is 18.2 Å². The molecule has 0 spiro atoms. The van der Waals surface area contributed by atoms with E-state index in [1.54, 1.807) is 12.1 Å². The fourth-order valence-corrected chi connectivity index (χ4v) is 2.11. The van der Waals surface area contributed by atoms with E-state index in [2.05, 4.69) is 5.32 Å². The van der Waals surface area contributed by atoms with Crippen molar-refractivity contribution in [3.05, 3.63) is 59.7 Å². The van der Waals surface area contributed by atoms with Crippen molar-refractivity contribution in [2.24, 2.45) is 0 Å². The summed E-state index contributed by atoms with van der Waals surface area (Å²) in [6, 6.07) is 10.2. The van der Waals surface area contributed by atoms with Gasteiger partial charge in [0.15, 0.2) is 23.1 Å². The summed E-state index contributed by atoms with van der Waals surface area (Å²) in [5.74, 6) is -1.27. The average molecular weight is 305 g/mol. The van der Waals surface area contributed by atoms with Gasteiger partial charge in [0.05, 0.1) is 6.54 Å². The summed E-state index contributed by atoms with van der Waals surface area (Å²) in [6.07, 6.45) is -0.343. The normalized spacial score (nSPS) is 16.2. The van der Waals surface area contributed by atoms with Crippen molar-refractivity contribution >= 4 is 5.91 Å². The first-order valence-electron chi connectivity index (χ1n) is 6.75. The smallest absolute Gasteiger partial charge is 0.251 e. The topological polar surface area (TPSA) is 47.6 Å². The van der Waals surface area contributed by atoms with Crippen molar-refractivity contribution in [2.45, 2.75) is 6.10 Å². The molecule has 0 aliphatic carbocycles. The molecule has 114 valence electrons. The fourth-order valence-electron chi connectivity index (χ4n) is 2.11. The van der Waals surface area contributed by atoms with Gasteiger partial charge in [-0.1, -0.05) is 12.1 Å². The largest absolute Gasteiger partial charge is 0.486 e. The van der Waals surface area contributed by atoms with E-state index in [1.807, 2.05) is 12.1 Å². The van der Waals surface area contributed by atoms with Crippen LogP contribution < -0.4 is 14.8 Å². The van der Waals surface area contributed by atoms with E-state index < -0.39 is 17.5 Å². The second kappa shape index (κ2) is 6.01. The van der Waals surface area contributed by atoms with Crippen LogP contribution in [0.1, 0.15) is 10.4 Å².